The number of carbonyl (C=O) groups is 4. The predicted octanol–water partition coefficient (Wildman–Crippen LogP) is 2.45. The van der Waals surface area contributed by atoms with Gasteiger partial charge in [0.25, 0.3) is 5.91 Å². The molecule has 1 unspecified atom stereocenters. The van der Waals surface area contributed by atoms with Crippen LogP contribution in [0.1, 0.15) is 36.2 Å². The van der Waals surface area contributed by atoms with E-state index < -0.39 is 17.8 Å². The summed E-state index contributed by atoms with van der Waals surface area (Å²) in [6.07, 6.45) is 4.18. The van der Waals surface area contributed by atoms with Gasteiger partial charge in [0.05, 0.1) is 18.3 Å². The first kappa shape index (κ1) is 27.6. The maximum Gasteiger partial charge on any atom is 0.338 e. The summed E-state index contributed by atoms with van der Waals surface area (Å²) in [6.45, 7) is 5.94. The third-order valence-electron chi connectivity index (χ3n) is 4.58. The van der Waals surface area contributed by atoms with Crippen LogP contribution in [0.25, 0.3) is 0 Å². The van der Waals surface area contributed by atoms with Crippen molar-refractivity contribution >= 4 is 24.3 Å². The zero-order valence-electron chi connectivity index (χ0n) is 19.8. The van der Waals surface area contributed by atoms with Crippen LogP contribution in [-0.4, -0.2) is 74.1 Å². The highest BCUT2D eigenvalue weighted by Gasteiger charge is 2.15. The molecule has 0 bridgehead atoms. The number of amides is 2. The van der Waals surface area contributed by atoms with E-state index in [0.29, 0.717) is 24.9 Å². The number of aryl methyl sites for hydroxylation is 1. The fraction of sp³-hybridized carbons (Fsp3) is 0.417. The van der Waals surface area contributed by atoms with Gasteiger partial charge >= 0.3 is 11.9 Å². The molecule has 0 radical (unpaired) electrons. The van der Waals surface area contributed by atoms with Crippen molar-refractivity contribution in [2.45, 2.75) is 33.3 Å². The average Bonchev–Trinajstić information content (AvgIpc) is 2.79. The van der Waals surface area contributed by atoms with E-state index in [1.54, 1.807) is 44.1 Å². The van der Waals surface area contributed by atoms with Gasteiger partial charge in [0, 0.05) is 44.8 Å². The highest BCUT2D eigenvalue weighted by atomic mass is 16.6. The number of carbonyl (C=O) groups excluding carboxylic acids is 4. The van der Waals surface area contributed by atoms with E-state index in [1.807, 2.05) is 19.1 Å². The highest BCUT2D eigenvalue weighted by Crippen LogP contribution is 2.08. The molecule has 0 heterocycles. The highest BCUT2D eigenvalue weighted by molar-refractivity contribution is 6.00. The van der Waals surface area contributed by atoms with Gasteiger partial charge in [0.2, 0.25) is 6.41 Å². The summed E-state index contributed by atoms with van der Waals surface area (Å²) in [5, 5.41) is 0. The molecular formula is C24H32N2O7. The van der Waals surface area contributed by atoms with E-state index in [9.17, 15) is 19.2 Å². The Kier molecular flexibility index (Phi) is 12.2. The van der Waals surface area contributed by atoms with Crippen LogP contribution < -0.4 is 0 Å². The zero-order valence-corrected chi connectivity index (χ0v) is 19.8. The third kappa shape index (κ3) is 10.1. The van der Waals surface area contributed by atoms with Gasteiger partial charge in [-0.1, -0.05) is 17.7 Å². The Bertz CT molecular complexity index is 862. The molecule has 0 spiro atoms. The first-order chi connectivity index (χ1) is 15.7. The molecule has 1 aromatic rings. The molecule has 0 N–H and O–H groups in total. The summed E-state index contributed by atoms with van der Waals surface area (Å²) in [6, 6.07) is 7.10. The maximum atomic E-state index is 12.4. The first-order valence-electron chi connectivity index (χ1n) is 10.5. The summed E-state index contributed by atoms with van der Waals surface area (Å²) < 4.78 is 15.5. The van der Waals surface area contributed by atoms with Crippen LogP contribution in [0.5, 0.6) is 0 Å². The Morgan fingerprint density at radius 1 is 1.12 bits per heavy atom. The van der Waals surface area contributed by atoms with Crippen molar-refractivity contribution in [1.82, 2.24) is 9.80 Å². The quantitative estimate of drug-likeness (QED) is 0.251. The fourth-order valence-corrected chi connectivity index (χ4v) is 2.69. The lowest BCUT2D eigenvalue weighted by Crippen LogP contribution is -2.28. The Morgan fingerprint density at radius 2 is 1.79 bits per heavy atom. The van der Waals surface area contributed by atoms with E-state index in [4.69, 9.17) is 14.2 Å². The van der Waals surface area contributed by atoms with Crippen LogP contribution in [0.2, 0.25) is 0 Å². The van der Waals surface area contributed by atoms with Crippen molar-refractivity contribution in [2.75, 3.05) is 33.9 Å². The van der Waals surface area contributed by atoms with Gasteiger partial charge in [-0.25, -0.2) is 9.59 Å². The number of rotatable bonds is 13. The van der Waals surface area contributed by atoms with Crippen molar-refractivity contribution in [3.63, 3.8) is 0 Å². The van der Waals surface area contributed by atoms with Crippen LogP contribution in [0, 0.1) is 6.92 Å². The van der Waals surface area contributed by atoms with E-state index in [0.717, 1.165) is 22.7 Å². The SMILES string of the molecule is CCOC(=O)/C=C/N(C=O)C(=O)/C(C)=C\N(C)CCC(COC(=O)c1ccc(C)cc1)OC. The van der Waals surface area contributed by atoms with Crippen LogP contribution in [-0.2, 0) is 28.6 Å². The molecule has 0 saturated heterocycles. The smallest absolute Gasteiger partial charge is 0.338 e. The van der Waals surface area contributed by atoms with E-state index in [-0.39, 0.29) is 24.9 Å². The fourth-order valence-electron chi connectivity index (χ4n) is 2.69. The molecule has 0 aromatic heterocycles. The largest absolute Gasteiger partial charge is 0.463 e. The lowest BCUT2D eigenvalue weighted by molar-refractivity contribution is -0.137. The van der Waals surface area contributed by atoms with Gasteiger partial charge < -0.3 is 19.1 Å². The minimum atomic E-state index is -0.649. The molecule has 0 aliphatic carbocycles. The number of benzene rings is 1. The molecule has 0 saturated carbocycles. The van der Waals surface area contributed by atoms with Crippen LogP contribution in [0.4, 0.5) is 0 Å². The van der Waals surface area contributed by atoms with Gasteiger partial charge in [-0.05, 0) is 39.3 Å². The van der Waals surface area contributed by atoms with E-state index in [1.165, 1.54) is 7.11 Å². The monoisotopic (exact) mass is 460 g/mol. The molecule has 1 aromatic carbocycles. The van der Waals surface area contributed by atoms with Crippen molar-refractivity contribution in [3.8, 4) is 0 Å². The maximum absolute atomic E-state index is 12.4. The molecular weight excluding hydrogens is 428 g/mol. The second-order valence-corrected chi connectivity index (χ2v) is 7.29. The summed E-state index contributed by atoms with van der Waals surface area (Å²) in [5.74, 6) is -1.64. The van der Waals surface area contributed by atoms with Crippen LogP contribution >= 0.6 is 0 Å². The molecule has 9 heteroatoms. The Balaban J connectivity index is 2.58. The summed E-state index contributed by atoms with van der Waals surface area (Å²) >= 11 is 0. The summed E-state index contributed by atoms with van der Waals surface area (Å²) in [7, 11) is 3.30. The standard InChI is InChI=1S/C24H32N2O7/c1-6-32-22(28)12-14-26(17-27)23(29)19(3)15-25(4)13-11-21(31-5)16-33-24(30)20-9-7-18(2)8-10-20/h7-10,12,14-15,17,21H,6,11,13,16H2,1-5H3/b14-12+,19-15-. The van der Waals surface area contributed by atoms with Gasteiger partial charge in [0.15, 0.2) is 0 Å². The molecule has 0 aliphatic heterocycles. The van der Waals surface area contributed by atoms with Crippen molar-refractivity contribution in [1.29, 1.82) is 0 Å². The van der Waals surface area contributed by atoms with Gasteiger partial charge in [0.1, 0.15) is 6.61 Å². The minimum Gasteiger partial charge on any atom is -0.463 e. The lowest BCUT2D eigenvalue weighted by atomic mass is 10.1. The molecule has 9 nitrogen and oxygen atoms in total. The van der Waals surface area contributed by atoms with Crippen LogP contribution in [0.3, 0.4) is 0 Å². The van der Waals surface area contributed by atoms with Crippen LogP contribution in [0.15, 0.2) is 48.3 Å². The number of ether oxygens (including phenoxy) is 3. The zero-order chi connectivity index (χ0) is 24.8. The van der Waals surface area contributed by atoms with E-state index in [2.05, 4.69) is 0 Å². The number of imide groups is 1. The molecule has 33 heavy (non-hydrogen) atoms. The minimum absolute atomic E-state index is 0.0935. The Hall–Kier alpha value is -3.46. The molecule has 0 aliphatic rings. The second kappa shape index (κ2) is 14.6. The topological polar surface area (TPSA) is 102 Å². The number of nitrogens with zero attached hydrogens (tertiary/aromatic N) is 2. The predicted molar refractivity (Wildman–Crippen MR) is 122 cm³/mol. The summed E-state index contributed by atoms with van der Waals surface area (Å²) in [5.41, 5.74) is 1.82. The lowest BCUT2D eigenvalue weighted by Gasteiger charge is -2.21. The summed E-state index contributed by atoms with van der Waals surface area (Å²) in [4.78, 5) is 49.7. The molecule has 180 valence electrons. The van der Waals surface area contributed by atoms with Crippen molar-refractivity contribution < 1.29 is 33.4 Å². The molecule has 1 atom stereocenters. The molecule has 2 amide bonds. The molecule has 0 fully saturated rings. The number of hydrogen-bond acceptors (Lipinski definition) is 8. The number of methoxy groups -OCH3 is 1. The Labute approximate surface area is 194 Å². The van der Waals surface area contributed by atoms with Gasteiger partial charge in [-0.3, -0.25) is 14.5 Å². The van der Waals surface area contributed by atoms with Crippen molar-refractivity contribution in [2.24, 2.45) is 0 Å². The van der Waals surface area contributed by atoms with Crippen molar-refractivity contribution in [3.05, 3.63) is 59.4 Å². The number of hydrogen-bond donors (Lipinski definition) is 0. The average molecular weight is 461 g/mol. The second-order valence-electron chi connectivity index (χ2n) is 7.29. The Morgan fingerprint density at radius 3 is 2.36 bits per heavy atom. The van der Waals surface area contributed by atoms with Gasteiger partial charge in [-0.2, -0.15) is 0 Å². The van der Waals surface area contributed by atoms with E-state index >= 15 is 0 Å². The van der Waals surface area contributed by atoms with Gasteiger partial charge in [-0.15, -0.1) is 0 Å². The first-order valence-corrected chi connectivity index (χ1v) is 10.5. The number of esters is 2. The third-order valence-corrected chi connectivity index (χ3v) is 4.58. The molecule has 1 rings (SSSR count). The normalized spacial score (nSPS) is 12.2.